The summed E-state index contributed by atoms with van der Waals surface area (Å²) in [6.07, 6.45) is 0. The molecule has 140 valence electrons. The molecule has 6 heteroatoms. The lowest BCUT2D eigenvalue weighted by atomic mass is 10.2. The van der Waals surface area contributed by atoms with Gasteiger partial charge in [0.1, 0.15) is 5.82 Å². The summed E-state index contributed by atoms with van der Waals surface area (Å²) >= 11 is 1.55. The van der Waals surface area contributed by atoms with Crippen molar-refractivity contribution < 1.29 is 4.79 Å². The highest BCUT2D eigenvalue weighted by Gasteiger charge is 2.15. The number of benzene rings is 2. The molecule has 2 aromatic carbocycles. The van der Waals surface area contributed by atoms with E-state index in [1.54, 1.807) is 22.7 Å². The minimum absolute atomic E-state index is 0.0270. The van der Waals surface area contributed by atoms with Crippen molar-refractivity contribution in [2.75, 3.05) is 12.3 Å². The molecular formula is C21H23N3O2S. The van der Waals surface area contributed by atoms with Crippen molar-refractivity contribution in [2.24, 2.45) is 0 Å². The standard InChI is InChI=1S/C21H23N3O2S/c1-4-24(20(25)13-27-18-11-14(2)9-10-15(18)3)12-19-22-17-8-6-5-7-16(17)21(26)23-19/h5-11H,4,12-13H2,1-3H3,(H,22,23,26). The Morgan fingerprint density at radius 2 is 1.96 bits per heavy atom. The van der Waals surface area contributed by atoms with Crippen LogP contribution in [0.15, 0.2) is 52.2 Å². The van der Waals surface area contributed by atoms with Gasteiger partial charge in [0, 0.05) is 11.4 Å². The quantitative estimate of drug-likeness (QED) is 0.662. The summed E-state index contributed by atoms with van der Waals surface area (Å²) in [4.78, 5) is 35.0. The molecule has 0 fully saturated rings. The fourth-order valence-corrected chi connectivity index (χ4v) is 3.89. The number of nitrogens with one attached hydrogen (secondary N) is 1. The lowest BCUT2D eigenvalue weighted by molar-refractivity contribution is -0.128. The maximum atomic E-state index is 12.7. The van der Waals surface area contributed by atoms with Crippen molar-refractivity contribution in [3.63, 3.8) is 0 Å². The van der Waals surface area contributed by atoms with Crippen LogP contribution in [0.1, 0.15) is 23.9 Å². The number of para-hydroxylation sites is 1. The molecule has 1 aromatic heterocycles. The SMILES string of the molecule is CCN(Cc1nc2ccccc2c(=O)[nH]1)C(=O)CSc1cc(C)ccc1C. The number of fused-ring (bicyclic) bond motifs is 1. The molecule has 5 nitrogen and oxygen atoms in total. The third-order valence-electron chi connectivity index (χ3n) is 4.43. The van der Waals surface area contributed by atoms with Crippen molar-refractivity contribution in [1.29, 1.82) is 0 Å². The number of aromatic amines is 1. The molecule has 27 heavy (non-hydrogen) atoms. The zero-order valence-corrected chi connectivity index (χ0v) is 16.6. The van der Waals surface area contributed by atoms with Gasteiger partial charge in [-0.05, 0) is 44.5 Å². The molecule has 3 rings (SSSR count). The maximum absolute atomic E-state index is 12.7. The molecule has 1 heterocycles. The number of amides is 1. The summed E-state index contributed by atoms with van der Waals surface area (Å²) in [5.74, 6) is 0.889. The van der Waals surface area contributed by atoms with Gasteiger partial charge in [-0.25, -0.2) is 4.98 Å². The number of carbonyl (C=O) groups excluding carboxylic acids is 1. The van der Waals surface area contributed by atoms with Gasteiger partial charge in [-0.1, -0.05) is 29.8 Å². The van der Waals surface area contributed by atoms with Crippen molar-refractivity contribution in [1.82, 2.24) is 14.9 Å². The summed E-state index contributed by atoms with van der Waals surface area (Å²) < 4.78 is 0. The molecule has 0 bridgehead atoms. The first kappa shape index (κ1) is 19.2. The zero-order chi connectivity index (χ0) is 19.4. The molecule has 0 spiro atoms. The number of aryl methyl sites for hydroxylation is 2. The Morgan fingerprint density at radius 3 is 2.74 bits per heavy atom. The largest absolute Gasteiger partial charge is 0.335 e. The van der Waals surface area contributed by atoms with E-state index in [0.29, 0.717) is 35.6 Å². The monoisotopic (exact) mass is 381 g/mol. The van der Waals surface area contributed by atoms with E-state index in [0.717, 1.165) is 4.90 Å². The van der Waals surface area contributed by atoms with Crippen LogP contribution in [0.5, 0.6) is 0 Å². The predicted octanol–water partition coefficient (Wildman–Crippen LogP) is 3.68. The highest BCUT2D eigenvalue weighted by atomic mass is 32.2. The first-order valence-electron chi connectivity index (χ1n) is 8.93. The number of rotatable bonds is 6. The van der Waals surface area contributed by atoms with E-state index in [2.05, 4.69) is 28.2 Å². The van der Waals surface area contributed by atoms with E-state index in [1.807, 2.05) is 39.0 Å². The summed E-state index contributed by atoms with van der Waals surface area (Å²) in [5, 5.41) is 0.557. The Kier molecular flexibility index (Phi) is 5.96. The topological polar surface area (TPSA) is 66.1 Å². The minimum Gasteiger partial charge on any atom is -0.335 e. The van der Waals surface area contributed by atoms with Crippen molar-refractivity contribution >= 4 is 28.6 Å². The third-order valence-corrected chi connectivity index (χ3v) is 5.57. The predicted molar refractivity (Wildman–Crippen MR) is 110 cm³/mol. The molecule has 0 saturated carbocycles. The Morgan fingerprint density at radius 1 is 1.19 bits per heavy atom. The maximum Gasteiger partial charge on any atom is 0.258 e. The average Bonchev–Trinajstić information content (AvgIpc) is 2.66. The molecule has 0 aliphatic rings. The molecule has 0 radical (unpaired) electrons. The highest BCUT2D eigenvalue weighted by molar-refractivity contribution is 8.00. The first-order valence-corrected chi connectivity index (χ1v) is 9.92. The van der Waals surface area contributed by atoms with Crippen molar-refractivity contribution in [3.05, 3.63) is 69.8 Å². The van der Waals surface area contributed by atoms with E-state index in [1.165, 1.54) is 11.1 Å². The van der Waals surface area contributed by atoms with Crippen molar-refractivity contribution in [2.45, 2.75) is 32.2 Å². The van der Waals surface area contributed by atoms with E-state index < -0.39 is 0 Å². The van der Waals surface area contributed by atoms with E-state index in [9.17, 15) is 9.59 Å². The molecule has 0 saturated heterocycles. The van der Waals surface area contributed by atoms with E-state index in [4.69, 9.17) is 0 Å². The van der Waals surface area contributed by atoms with Crippen LogP contribution in [-0.4, -0.2) is 33.1 Å². The van der Waals surface area contributed by atoms with Gasteiger partial charge >= 0.3 is 0 Å². The molecule has 3 aromatic rings. The third kappa shape index (κ3) is 4.57. The summed E-state index contributed by atoms with van der Waals surface area (Å²) in [5.41, 5.74) is 2.82. The summed E-state index contributed by atoms with van der Waals surface area (Å²) in [6, 6.07) is 13.5. The van der Waals surface area contributed by atoms with Gasteiger partial charge in [-0.2, -0.15) is 0 Å². The molecule has 0 atom stereocenters. The van der Waals surface area contributed by atoms with Gasteiger partial charge < -0.3 is 9.88 Å². The van der Waals surface area contributed by atoms with Crippen LogP contribution in [-0.2, 0) is 11.3 Å². The van der Waals surface area contributed by atoms with Gasteiger partial charge in [0.25, 0.3) is 5.56 Å². The number of hydrogen-bond acceptors (Lipinski definition) is 4. The Bertz CT molecular complexity index is 1030. The highest BCUT2D eigenvalue weighted by Crippen LogP contribution is 2.24. The van der Waals surface area contributed by atoms with Crippen LogP contribution in [0.2, 0.25) is 0 Å². The number of thioether (sulfide) groups is 1. The minimum atomic E-state index is -0.177. The van der Waals surface area contributed by atoms with Gasteiger partial charge in [-0.15, -0.1) is 11.8 Å². The van der Waals surface area contributed by atoms with Crippen LogP contribution in [0.3, 0.4) is 0 Å². The van der Waals surface area contributed by atoms with E-state index in [-0.39, 0.29) is 11.5 Å². The lowest BCUT2D eigenvalue weighted by Crippen LogP contribution is -2.33. The number of nitrogens with zero attached hydrogens (tertiary/aromatic N) is 2. The van der Waals surface area contributed by atoms with Crippen molar-refractivity contribution in [3.8, 4) is 0 Å². The van der Waals surface area contributed by atoms with Crippen LogP contribution < -0.4 is 5.56 Å². The molecular weight excluding hydrogens is 358 g/mol. The fourth-order valence-electron chi connectivity index (χ4n) is 2.86. The summed E-state index contributed by atoms with van der Waals surface area (Å²) in [7, 11) is 0. The zero-order valence-electron chi connectivity index (χ0n) is 15.8. The second kappa shape index (κ2) is 8.39. The van der Waals surface area contributed by atoms with Crippen LogP contribution in [0.25, 0.3) is 10.9 Å². The second-order valence-electron chi connectivity index (χ2n) is 6.50. The number of H-pyrrole nitrogens is 1. The normalized spacial score (nSPS) is 10.9. The molecule has 1 N–H and O–H groups in total. The van der Waals surface area contributed by atoms with Gasteiger partial charge in [0.15, 0.2) is 0 Å². The molecule has 0 aliphatic carbocycles. The number of hydrogen-bond donors (Lipinski definition) is 1. The van der Waals surface area contributed by atoms with Crippen LogP contribution >= 0.6 is 11.8 Å². The van der Waals surface area contributed by atoms with E-state index >= 15 is 0 Å². The number of carbonyl (C=O) groups is 1. The van der Waals surface area contributed by atoms with Crippen LogP contribution in [0, 0.1) is 13.8 Å². The number of aromatic nitrogens is 2. The Balaban J connectivity index is 1.72. The average molecular weight is 382 g/mol. The van der Waals surface area contributed by atoms with Gasteiger partial charge in [0.2, 0.25) is 5.91 Å². The smallest absolute Gasteiger partial charge is 0.258 e. The molecule has 0 aliphatic heterocycles. The Labute approximate surface area is 162 Å². The second-order valence-corrected chi connectivity index (χ2v) is 7.51. The molecule has 1 amide bonds. The Hall–Kier alpha value is -2.60. The molecule has 0 unspecified atom stereocenters. The van der Waals surface area contributed by atoms with Crippen LogP contribution in [0.4, 0.5) is 0 Å². The lowest BCUT2D eigenvalue weighted by Gasteiger charge is -2.20. The van der Waals surface area contributed by atoms with Gasteiger partial charge in [-0.3, -0.25) is 9.59 Å². The van der Waals surface area contributed by atoms with Gasteiger partial charge in [0.05, 0.1) is 23.2 Å². The first-order chi connectivity index (χ1) is 13.0. The summed E-state index contributed by atoms with van der Waals surface area (Å²) in [6.45, 7) is 6.88. The fraction of sp³-hybridized carbons (Fsp3) is 0.286.